The van der Waals surface area contributed by atoms with Crippen LogP contribution in [0.15, 0.2) is 36.0 Å². The van der Waals surface area contributed by atoms with Crippen LogP contribution in [0.4, 0.5) is 8.78 Å². The molecule has 0 bridgehead atoms. The van der Waals surface area contributed by atoms with Crippen molar-refractivity contribution in [1.29, 1.82) is 0 Å². The summed E-state index contributed by atoms with van der Waals surface area (Å²) in [5.41, 5.74) is 6.18. The first-order valence-corrected chi connectivity index (χ1v) is 8.95. The van der Waals surface area contributed by atoms with E-state index in [1.54, 1.807) is 17.0 Å². The Labute approximate surface area is 157 Å². The Bertz CT molecular complexity index is 774. The maximum absolute atomic E-state index is 12.7. The number of hydrogen-bond donors (Lipinski definition) is 1. The molecule has 0 aromatic heterocycles. The minimum absolute atomic E-state index is 0.0314. The predicted octanol–water partition coefficient (Wildman–Crippen LogP) is 2.89. The third kappa shape index (κ3) is 4.12. The molecule has 0 radical (unpaired) electrons. The highest BCUT2D eigenvalue weighted by atomic mass is 19.3. The third-order valence-electron chi connectivity index (χ3n) is 5.37. The molecule has 1 aliphatic heterocycles. The SMILES string of the molecule is CC1(C)C[C@@]2(C=C(N)C1=O)CCN(C(=O)Cc1ccc(OC(F)F)cc1)C2. The molecule has 146 valence electrons. The number of hydrogen-bond acceptors (Lipinski definition) is 4. The first-order valence-electron chi connectivity index (χ1n) is 8.95. The summed E-state index contributed by atoms with van der Waals surface area (Å²) in [6.45, 7) is 2.06. The second-order valence-corrected chi connectivity index (χ2v) is 8.12. The Kier molecular flexibility index (Phi) is 4.97. The van der Waals surface area contributed by atoms with E-state index in [0.29, 0.717) is 19.5 Å². The van der Waals surface area contributed by atoms with E-state index in [1.807, 2.05) is 19.9 Å². The molecular formula is C20H24F2N2O3. The third-order valence-corrected chi connectivity index (χ3v) is 5.37. The number of likely N-dealkylation sites (tertiary alicyclic amines) is 1. The van der Waals surface area contributed by atoms with Gasteiger partial charge >= 0.3 is 6.61 Å². The maximum Gasteiger partial charge on any atom is 0.387 e. The van der Waals surface area contributed by atoms with Crippen LogP contribution in [0.1, 0.15) is 32.3 Å². The summed E-state index contributed by atoms with van der Waals surface area (Å²) < 4.78 is 28.7. The Morgan fingerprint density at radius 3 is 2.56 bits per heavy atom. The van der Waals surface area contributed by atoms with Crippen LogP contribution in [0.2, 0.25) is 0 Å². The second-order valence-electron chi connectivity index (χ2n) is 8.12. The molecule has 0 unspecified atom stereocenters. The molecule has 1 fully saturated rings. The van der Waals surface area contributed by atoms with Crippen LogP contribution < -0.4 is 10.5 Å². The zero-order chi connectivity index (χ0) is 19.8. The van der Waals surface area contributed by atoms with Gasteiger partial charge in [0.15, 0.2) is 5.78 Å². The van der Waals surface area contributed by atoms with E-state index >= 15 is 0 Å². The fourth-order valence-electron chi connectivity index (χ4n) is 4.24. The molecule has 5 nitrogen and oxygen atoms in total. The van der Waals surface area contributed by atoms with Gasteiger partial charge in [-0.15, -0.1) is 0 Å². The van der Waals surface area contributed by atoms with Gasteiger partial charge in [-0.05, 0) is 36.6 Å². The van der Waals surface area contributed by atoms with Gasteiger partial charge in [0.05, 0.1) is 12.1 Å². The number of ketones is 1. The molecule has 3 rings (SSSR count). The van der Waals surface area contributed by atoms with Gasteiger partial charge < -0.3 is 15.4 Å². The van der Waals surface area contributed by atoms with Crippen molar-refractivity contribution in [3.8, 4) is 5.75 Å². The Balaban J connectivity index is 1.65. The van der Waals surface area contributed by atoms with E-state index in [2.05, 4.69) is 4.74 Å². The highest BCUT2D eigenvalue weighted by Gasteiger charge is 2.48. The molecule has 1 aromatic rings. The fraction of sp³-hybridized carbons (Fsp3) is 0.500. The molecule has 1 saturated heterocycles. The van der Waals surface area contributed by atoms with Crippen molar-refractivity contribution in [2.24, 2.45) is 16.6 Å². The zero-order valence-corrected chi connectivity index (χ0v) is 15.5. The molecule has 0 saturated carbocycles. The smallest absolute Gasteiger partial charge is 0.387 e. The van der Waals surface area contributed by atoms with E-state index in [1.165, 1.54) is 12.1 Å². The largest absolute Gasteiger partial charge is 0.435 e. The minimum atomic E-state index is -2.87. The number of alkyl halides is 2. The average molecular weight is 378 g/mol. The fourth-order valence-corrected chi connectivity index (χ4v) is 4.24. The van der Waals surface area contributed by atoms with Gasteiger partial charge in [-0.25, -0.2) is 0 Å². The van der Waals surface area contributed by atoms with E-state index in [-0.39, 0.29) is 35.0 Å². The number of amides is 1. The van der Waals surface area contributed by atoms with E-state index in [0.717, 1.165) is 12.0 Å². The number of Topliss-reactive ketones (excluding diaryl/α,β-unsaturated/α-hetero) is 1. The molecule has 1 atom stereocenters. The first-order chi connectivity index (χ1) is 12.6. The molecule has 1 spiro atoms. The quantitative estimate of drug-likeness (QED) is 0.874. The number of nitrogens with zero attached hydrogens (tertiary/aromatic N) is 1. The molecule has 1 aromatic carbocycles. The topological polar surface area (TPSA) is 72.6 Å². The van der Waals surface area contributed by atoms with Crippen molar-refractivity contribution in [2.45, 2.75) is 39.7 Å². The van der Waals surface area contributed by atoms with Crippen molar-refractivity contribution in [3.05, 3.63) is 41.6 Å². The summed E-state index contributed by atoms with van der Waals surface area (Å²) in [6.07, 6.45) is 3.47. The first kappa shape index (κ1) is 19.3. The minimum Gasteiger partial charge on any atom is -0.435 e. The molecule has 27 heavy (non-hydrogen) atoms. The van der Waals surface area contributed by atoms with Crippen molar-refractivity contribution >= 4 is 11.7 Å². The lowest BCUT2D eigenvalue weighted by Crippen LogP contribution is -2.42. The van der Waals surface area contributed by atoms with Gasteiger partial charge in [0.25, 0.3) is 0 Å². The zero-order valence-electron chi connectivity index (χ0n) is 15.5. The predicted molar refractivity (Wildman–Crippen MR) is 96.1 cm³/mol. The van der Waals surface area contributed by atoms with E-state index < -0.39 is 12.0 Å². The summed E-state index contributed by atoms with van der Waals surface area (Å²) in [6, 6.07) is 6.08. The van der Waals surface area contributed by atoms with Crippen LogP contribution in [-0.4, -0.2) is 36.3 Å². The highest BCUT2D eigenvalue weighted by Crippen LogP contribution is 2.47. The van der Waals surface area contributed by atoms with E-state index in [9.17, 15) is 18.4 Å². The van der Waals surface area contributed by atoms with Crippen LogP contribution in [0.25, 0.3) is 0 Å². The van der Waals surface area contributed by atoms with Gasteiger partial charge in [0.2, 0.25) is 5.91 Å². The van der Waals surface area contributed by atoms with Gasteiger partial charge in [0.1, 0.15) is 5.75 Å². The highest BCUT2D eigenvalue weighted by molar-refractivity contribution is 5.99. The number of carbonyl (C=O) groups excluding carboxylic acids is 2. The number of halogens is 2. The lowest BCUT2D eigenvalue weighted by molar-refractivity contribution is -0.130. The summed E-state index contributed by atoms with van der Waals surface area (Å²) >= 11 is 0. The van der Waals surface area contributed by atoms with Crippen molar-refractivity contribution in [3.63, 3.8) is 0 Å². The standard InChI is InChI=1S/C20H24F2N2O3/c1-19(2)11-20(10-15(23)17(19)26)7-8-24(12-20)16(25)9-13-3-5-14(6-4-13)27-18(21)22/h3-6,10,18H,7-9,11-12,23H2,1-2H3/t20-/m0/s1. The Morgan fingerprint density at radius 1 is 1.30 bits per heavy atom. The van der Waals surface area contributed by atoms with Gasteiger partial charge in [-0.1, -0.05) is 26.0 Å². The van der Waals surface area contributed by atoms with Crippen LogP contribution in [-0.2, 0) is 16.0 Å². The monoisotopic (exact) mass is 378 g/mol. The lowest BCUT2D eigenvalue weighted by atomic mass is 9.65. The molecular weight excluding hydrogens is 354 g/mol. The van der Waals surface area contributed by atoms with Crippen LogP contribution >= 0.6 is 0 Å². The van der Waals surface area contributed by atoms with E-state index in [4.69, 9.17) is 5.73 Å². The van der Waals surface area contributed by atoms with Crippen molar-refractivity contribution in [2.75, 3.05) is 13.1 Å². The van der Waals surface area contributed by atoms with Crippen molar-refractivity contribution in [1.82, 2.24) is 4.90 Å². The van der Waals surface area contributed by atoms with Crippen LogP contribution in [0.3, 0.4) is 0 Å². The molecule has 2 N–H and O–H groups in total. The second kappa shape index (κ2) is 6.94. The molecule has 1 amide bonds. The van der Waals surface area contributed by atoms with Gasteiger partial charge in [-0.2, -0.15) is 8.78 Å². The Hall–Kier alpha value is -2.44. The van der Waals surface area contributed by atoms with Gasteiger partial charge in [-0.3, -0.25) is 9.59 Å². The number of benzene rings is 1. The normalized spacial score (nSPS) is 24.4. The number of nitrogens with two attached hydrogens (primary N) is 1. The summed E-state index contributed by atoms with van der Waals surface area (Å²) in [5.74, 6) is -0.00358. The summed E-state index contributed by atoms with van der Waals surface area (Å²) in [5, 5.41) is 0. The Morgan fingerprint density at radius 2 is 1.96 bits per heavy atom. The number of carbonyl (C=O) groups is 2. The lowest BCUT2D eigenvalue weighted by Gasteiger charge is -2.39. The summed E-state index contributed by atoms with van der Waals surface area (Å²) in [7, 11) is 0. The van der Waals surface area contributed by atoms with Crippen LogP contribution in [0.5, 0.6) is 5.75 Å². The average Bonchev–Trinajstić information content (AvgIpc) is 2.97. The maximum atomic E-state index is 12.7. The van der Waals surface area contributed by atoms with Crippen molar-refractivity contribution < 1.29 is 23.1 Å². The summed E-state index contributed by atoms with van der Waals surface area (Å²) in [4.78, 5) is 26.7. The molecule has 1 aliphatic carbocycles. The molecule has 7 heteroatoms. The molecule has 2 aliphatic rings. The number of allylic oxidation sites excluding steroid dienone is 1. The van der Waals surface area contributed by atoms with Gasteiger partial charge in [0, 0.05) is 23.9 Å². The number of rotatable bonds is 4. The number of ether oxygens (including phenoxy) is 1. The molecule has 1 heterocycles. The van der Waals surface area contributed by atoms with Crippen LogP contribution in [0, 0.1) is 10.8 Å².